The van der Waals surface area contributed by atoms with E-state index in [1.165, 1.54) is 181 Å². The van der Waals surface area contributed by atoms with E-state index in [9.17, 15) is 0 Å². The molecule has 0 aliphatic carbocycles. The number of fused-ring (bicyclic) bond motifs is 16. The largest absolute Gasteiger partial charge is 0.309 e. The molecule has 0 fully saturated rings. The summed E-state index contributed by atoms with van der Waals surface area (Å²) in [4.78, 5) is 0. The van der Waals surface area contributed by atoms with Gasteiger partial charge in [-0.3, -0.25) is 0 Å². The lowest BCUT2D eigenvalue weighted by molar-refractivity contribution is 1.18. The van der Waals surface area contributed by atoms with Gasteiger partial charge in [-0.2, -0.15) is 0 Å². The van der Waals surface area contributed by atoms with Crippen molar-refractivity contribution in [2.45, 2.75) is 0 Å². The summed E-state index contributed by atoms with van der Waals surface area (Å²) in [7, 11) is 0. The number of para-hydroxylation sites is 4. The maximum atomic E-state index is 2.41. The second kappa shape index (κ2) is 22.3. The lowest BCUT2D eigenvalue weighted by Gasteiger charge is -2.11. The highest BCUT2D eigenvalue weighted by atomic mass is 15.0. The molecule has 4 aromatic heterocycles. The van der Waals surface area contributed by atoms with E-state index in [0.29, 0.717) is 0 Å². The lowest BCUT2D eigenvalue weighted by Crippen LogP contribution is -1.94. The molecule has 0 aliphatic heterocycles. The zero-order valence-corrected chi connectivity index (χ0v) is 53.4. The molecule has 0 spiro atoms. The van der Waals surface area contributed by atoms with Crippen molar-refractivity contribution in [3.8, 4) is 56.1 Å². The minimum Gasteiger partial charge on any atom is -0.309 e. The molecule has 17 aromatic carbocycles. The topological polar surface area (TPSA) is 19.7 Å². The Hall–Kier alpha value is -13.0. The van der Waals surface area contributed by atoms with E-state index in [0.717, 1.165) is 5.69 Å². The van der Waals surface area contributed by atoms with Crippen molar-refractivity contribution < 1.29 is 0 Å². The Morgan fingerprint density at radius 3 is 0.745 bits per heavy atom. The van der Waals surface area contributed by atoms with Crippen LogP contribution in [0.3, 0.4) is 0 Å². The molecule has 0 N–H and O–H groups in total. The zero-order valence-electron chi connectivity index (χ0n) is 53.4. The minimum atomic E-state index is 1.16. The second-order valence-electron chi connectivity index (χ2n) is 26.0. The molecule has 21 aromatic rings. The standard InChI is InChI=1S/C50H32N2.C44H28N2/c1-2-12-36-30-40(27-20-33(36)10-1)52-48-19-8-6-16-44(48)46-32-38(24-29-50(46)52)37-23-28-49-45(31-37)43-15-5-7-18-47(43)51(49)39-25-21-35(22-26-39)42-17-9-13-34-11-3-4-14-41(34)42;1-3-11-31-25-35(21-17-29(31)9-1)45-41-15-7-5-13-37(41)39-27-33(19-23-43(39)45)34-20-24-44-40(28-34)38-14-6-8-16-42(38)46(44)36-22-18-30-10-2-4-12-32(30)26-36/h1-32H;1-28H. The summed E-state index contributed by atoms with van der Waals surface area (Å²) >= 11 is 0. The van der Waals surface area contributed by atoms with Crippen molar-refractivity contribution >= 4 is 130 Å². The van der Waals surface area contributed by atoms with Crippen molar-refractivity contribution in [2.24, 2.45) is 0 Å². The smallest absolute Gasteiger partial charge is 0.0541 e. The van der Waals surface area contributed by atoms with Gasteiger partial charge in [0, 0.05) is 65.8 Å². The summed E-state index contributed by atoms with van der Waals surface area (Å²) in [6.07, 6.45) is 0. The van der Waals surface area contributed by atoms with E-state index in [-0.39, 0.29) is 0 Å². The quantitative estimate of drug-likeness (QED) is 0.152. The second-order valence-corrected chi connectivity index (χ2v) is 26.0. The number of rotatable bonds is 7. The third kappa shape index (κ3) is 8.92. The van der Waals surface area contributed by atoms with Crippen LogP contribution in [0.25, 0.3) is 186 Å². The average Bonchev–Trinajstić information content (AvgIpc) is 1.59. The lowest BCUT2D eigenvalue weighted by atomic mass is 9.98. The minimum absolute atomic E-state index is 1.16. The van der Waals surface area contributed by atoms with E-state index in [1.54, 1.807) is 0 Å². The van der Waals surface area contributed by atoms with Gasteiger partial charge < -0.3 is 18.3 Å². The van der Waals surface area contributed by atoms with E-state index in [2.05, 4.69) is 382 Å². The van der Waals surface area contributed by atoms with Gasteiger partial charge in [0.2, 0.25) is 0 Å². The Labute approximate surface area is 565 Å². The Kier molecular flexibility index (Phi) is 12.6. The molecule has 0 aliphatic rings. The van der Waals surface area contributed by atoms with Crippen LogP contribution >= 0.6 is 0 Å². The molecule has 0 saturated heterocycles. The van der Waals surface area contributed by atoms with Crippen LogP contribution in [0.1, 0.15) is 0 Å². The van der Waals surface area contributed by atoms with E-state index in [1.807, 2.05) is 0 Å². The predicted molar refractivity (Wildman–Crippen MR) is 417 cm³/mol. The molecule has 21 rings (SSSR count). The predicted octanol–water partition coefficient (Wildman–Crippen LogP) is 25.4. The number of hydrogen-bond acceptors (Lipinski definition) is 0. The highest BCUT2D eigenvalue weighted by Crippen LogP contribution is 2.42. The Morgan fingerprint density at radius 2 is 0.388 bits per heavy atom. The van der Waals surface area contributed by atoms with Crippen LogP contribution in [-0.4, -0.2) is 18.3 Å². The number of nitrogens with zero attached hydrogens (tertiary/aromatic N) is 4. The summed E-state index contributed by atoms with van der Waals surface area (Å²) in [6, 6.07) is 133. The molecule has 0 radical (unpaired) electrons. The van der Waals surface area contributed by atoms with Gasteiger partial charge >= 0.3 is 0 Å². The van der Waals surface area contributed by atoms with Crippen LogP contribution in [0.15, 0.2) is 364 Å². The molecule has 456 valence electrons. The van der Waals surface area contributed by atoms with Crippen molar-refractivity contribution in [1.82, 2.24) is 18.3 Å². The van der Waals surface area contributed by atoms with Crippen LogP contribution in [0, 0.1) is 0 Å². The first-order chi connectivity index (χ1) is 48.6. The first-order valence-electron chi connectivity index (χ1n) is 33.8. The zero-order chi connectivity index (χ0) is 64.4. The Morgan fingerprint density at radius 1 is 0.133 bits per heavy atom. The molecular weight excluding hydrogens is 1190 g/mol. The third-order valence-electron chi connectivity index (χ3n) is 20.6. The van der Waals surface area contributed by atoms with Gasteiger partial charge in [-0.1, -0.05) is 243 Å². The van der Waals surface area contributed by atoms with E-state index < -0.39 is 0 Å². The van der Waals surface area contributed by atoms with Crippen LogP contribution < -0.4 is 0 Å². The molecule has 0 atom stereocenters. The summed E-state index contributed by atoms with van der Waals surface area (Å²) in [6.45, 7) is 0. The summed E-state index contributed by atoms with van der Waals surface area (Å²) in [5.74, 6) is 0. The highest BCUT2D eigenvalue weighted by Gasteiger charge is 2.20. The van der Waals surface area contributed by atoms with Gasteiger partial charge in [0.1, 0.15) is 0 Å². The molecule has 98 heavy (non-hydrogen) atoms. The number of aromatic nitrogens is 4. The van der Waals surface area contributed by atoms with Gasteiger partial charge in [-0.05, 0) is 198 Å². The number of benzene rings is 17. The van der Waals surface area contributed by atoms with E-state index in [4.69, 9.17) is 0 Å². The summed E-state index contributed by atoms with van der Waals surface area (Å²) in [5, 5.41) is 20.1. The van der Waals surface area contributed by atoms with Crippen molar-refractivity contribution in [3.05, 3.63) is 364 Å². The molecule has 0 amide bonds. The van der Waals surface area contributed by atoms with Gasteiger partial charge in [0.25, 0.3) is 0 Å². The Bertz CT molecular complexity index is 6610. The molecule has 0 saturated carbocycles. The van der Waals surface area contributed by atoms with Crippen LogP contribution in [0.5, 0.6) is 0 Å². The maximum Gasteiger partial charge on any atom is 0.0541 e. The van der Waals surface area contributed by atoms with Gasteiger partial charge in [0.15, 0.2) is 0 Å². The van der Waals surface area contributed by atoms with Crippen LogP contribution in [-0.2, 0) is 0 Å². The highest BCUT2D eigenvalue weighted by molar-refractivity contribution is 6.15. The van der Waals surface area contributed by atoms with Crippen molar-refractivity contribution in [1.29, 1.82) is 0 Å². The van der Waals surface area contributed by atoms with Crippen LogP contribution in [0.4, 0.5) is 0 Å². The van der Waals surface area contributed by atoms with Crippen LogP contribution in [0.2, 0.25) is 0 Å². The molecule has 4 heterocycles. The normalized spacial score (nSPS) is 11.9. The molecule has 4 nitrogen and oxygen atoms in total. The fourth-order valence-electron chi connectivity index (χ4n) is 15.9. The van der Waals surface area contributed by atoms with Gasteiger partial charge in [-0.15, -0.1) is 0 Å². The SMILES string of the molecule is c1ccc2cc(-n3c4ccccc4c4cc(-c5ccc6c(c5)c5ccccc5n6-c5ccc(-c6cccc7ccccc67)cc5)ccc43)ccc2c1.c1ccc2cc(-n3c4ccccc4c4cc(-c5ccc6c(c5)c5ccccc5n6-c5ccc6ccccc6c5)ccc43)ccc2c1. The fourth-order valence-corrected chi connectivity index (χ4v) is 15.9. The molecule has 4 heteroatoms. The fraction of sp³-hybridized carbons (Fsp3) is 0. The first kappa shape index (κ1) is 55.4. The average molecular weight is 1250 g/mol. The molecule has 0 unspecified atom stereocenters. The summed E-state index contributed by atoms with van der Waals surface area (Å²) in [5.41, 5.74) is 21.8. The van der Waals surface area contributed by atoms with Gasteiger partial charge in [0.05, 0.1) is 44.1 Å². The van der Waals surface area contributed by atoms with Crippen molar-refractivity contribution in [2.75, 3.05) is 0 Å². The summed E-state index contributed by atoms with van der Waals surface area (Å²) < 4.78 is 9.62. The van der Waals surface area contributed by atoms with Crippen molar-refractivity contribution in [3.63, 3.8) is 0 Å². The Balaban J connectivity index is 0.000000134. The molecule has 0 bridgehead atoms. The van der Waals surface area contributed by atoms with Gasteiger partial charge in [-0.25, -0.2) is 0 Å². The molecular formula is C94H60N4. The monoisotopic (exact) mass is 1240 g/mol. The van der Waals surface area contributed by atoms with E-state index >= 15 is 0 Å². The maximum absolute atomic E-state index is 2.41. The third-order valence-corrected chi connectivity index (χ3v) is 20.6. The number of hydrogen-bond donors (Lipinski definition) is 0. The first-order valence-corrected chi connectivity index (χ1v) is 33.8.